The van der Waals surface area contributed by atoms with Crippen molar-refractivity contribution in [2.45, 2.75) is 37.7 Å². The van der Waals surface area contributed by atoms with Crippen LogP contribution in [-0.4, -0.2) is 16.2 Å². The maximum absolute atomic E-state index is 9.27. The van der Waals surface area contributed by atoms with E-state index >= 15 is 0 Å². The highest BCUT2D eigenvalue weighted by Gasteiger charge is 2.23. The Hall–Kier alpha value is -0.830. The fourth-order valence-corrected chi connectivity index (χ4v) is 1.76. The minimum absolute atomic E-state index is 0.101. The number of aliphatic hydroxyl groups is 1. The fraction of sp³-hybridized carbons (Fsp3) is 0.667. The van der Waals surface area contributed by atoms with E-state index < -0.39 is 0 Å². The molecular formula is C9H13NO2. The summed E-state index contributed by atoms with van der Waals surface area (Å²) in [5, 5.41) is 9.27. The van der Waals surface area contributed by atoms with Crippen LogP contribution >= 0.6 is 0 Å². The van der Waals surface area contributed by atoms with Crippen LogP contribution in [0.4, 0.5) is 0 Å². The van der Waals surface area contributed by atoms with Gasteiger partial charge in [0.15, 0.2) is 5.89 Å². The second-order valence-corrected chi connectivity index (χ2v) is 3.38. The average molecular weight is 167 g/mol. The Labute approximate surface area is 71.4 Å². The number of oxazole rings is 1. The molecule has 1 fully saturated rings. The maximum atomic E-state index is 9.27. The second-order valence-electron chi connectivity index (χ2n) is 3.38. The van der Waals surface area contributed by atoms with Gasteiger partial charge < -0.3 is 9.52 Å². The monoisotopic (exact) mass is 167 g/mol. The highest BCUT2D eigenvalue weighted by molar-refractivity contribution is 4.94. The first-order valence-electron chi connectivity index (χ1n) is 4.43. The standard InChI is InChI=1S/C9H13NO2/c11-8-3-1-7(2-4-8)9-10-5-6-12-9/h5-8,11H,1-4H2. The Morgan fingerprint density at radius 2 is 2.08 bits per heavy atom. The quantitative estimate of drug-likeness (QED) is 0.692. The molecule has 0 spiro atoms. The Bertz CT molecular complexity index is 225. The zero-order valence-electron chi connectivity index (χ0n) is 6.94. The summed E-state index contributed by atoms with van der Waals surface area (Å²) in [6, 6.07) is 0. The van der Waals surface area contributed by atoms with Gasteiger partial charge in [-0.3, -0.25) is 0 Å². The third-order valence-corrected chi connectivity index (χ3v) is 2.50. The Kier molecular flexibility index (Phi) is 2.13. The lowest BCUT2D eigenvalue weighted by molar-refractivity contribution is 0.118. The lowest BCUT2D eigenvalue weighted by Crippen LogP contribution is -2.16. The molecule has 1 N–H and O–H groups in total. The van der Waals surface area contributed by atoms with E-state index in [1.165, 1.54) is 0 Å². The highest BCUT2D eigenvalue weighted by Crippen LogP contribution is 2.31. The van der Waals surface area contributed by atoms with Crippen LogP contribution in [0.5, 0.6) is 0 Å². The summed E-state index contributed by atoms with van der Waals surface area (Å²) < 4.78 is 5.22. The number of nitrogens with zero attached hydrogens (tertiary/aromatic N) is 1. The second kappa shape index (κ2) is 3.27. The number of aromatic nitrogens is 1. The minimum atomic E-state index is -0.101. The van der Waals surface area contributed by atoms with Gasteiger partial charge in [-0.05, 0) is 25.7 Å². The number of aliphatic hydroxyl groups excluding tert-OH is 1. The van der Waals surface area contributed by atoms with E-state index in [1.54, 1.807) is 12.5 Å². The summed E-state index contributed by atoms with van der Waals surface area (Å²) >= 11 is 0. The fourth-order valence-electron chi connectivity index (χ4n) is 1.76. The van der Waals surface area contributed by atoms with Crippen molar-refractivity contribution >= 4 is 0 Å². The van der Waals surface area contributed by atoms with Gasteiger partial charge in [-0.15, -0.1) is 0 Å². The molecule has 0 amide bonds. The van der Waals surface area contributed by atoms with Crippen LogP contribution in [-0.2, 0) is 0 Å². The van der Waals surface area contributed by atoms with Crippen LogP contribution in [0.3, 0.4) is 0 Å². The summed E-state index contributed by atoms with van der Waals surface area (Å²) in [6.45, 7) is 0. The van der Waals surface area contributed by atoms with Gasteiger partial charge in [-0.1, -0.05) is 0 Å². The molecule has 0 saturated heterocycles. The Morgan fingerprint density at radius 1 is 1.33 bits per heavy atom. The molecule has 1 aromatic rings. The summed E-state index contributed by atoms with van der Waals surface area (Å²) in [7, 11) is 0. The van der Waals surface area contributed by atoms with E-state index in [1.807, 2.05) is 0 Å². The van der Waals surface area contributed by atoms with Gasteiger partial charge in [0.2, 0.25) is 0 Å². The van der Waals surface area contributed by atoms with E-state index in [2.05, 4.69) is 4.98 Å². The van der Waals surface area contributed by atoms with Gasteiger partial charge in [-0.2, -0.15) is 0 Å². The molecule has 1 aromatic heterocycles. The van der Waals surface area contributed by atoms with Gasteiger partial charge in [0, 0.05) is 5.92 Å². The van der Waals surface area contributed by atoms with Crippen LogP contribution in [0.15, 0.2) is 16.9 Å². The molecule has 1 aliphatic rings. The molecule has 2 rings (SSSR count). The first kappa shape index (κ1) is 7.80. The Morgan fingerprint density at radius 3 is 2.67 bits per heavy atom. The molecule has 0 radical (unpaired) electrons. The first-order valence-corrected chi connectivity index (χ1v) is 4.43. The van der Waals surface area contributed by atoms with Crippen LogP contribution < -0.4 is 0 Å². The molecule has 66 valence electrons. The lowest BCUT2D eigenvalue weighted by atomic mass is 9.87. The van der Waals surface area contributed by atoms with Gasteiger partial charge in [0.25, 0.3) is 0 Å². The van der Waals surface area contributed by atoms with E-state index in [-0.39, 0.29) is 6.10 Å². The van der Waals surface area contributed by atoms with Gasteiger partial charge in [-0.25, -0.2) is 4.98 Å². The normalized spacial score (nSPS) is 30.4. The van der Waals surface area contributed by atoms with E-state index in [0.29, 0.717) is 5.92 Å². The maximum Gasteiger partial charge on any atom is 0.197 e. The van der Waals surface area contributed by atoms with Crippen molar-refractivity contribution in [1.29, 1.82) is 0 Å². The van der Waals surface area contributed by atoms with Gasteiger partial charge in [0.1, 0.15) is 6.26 Å². The van der Waals surface area contributed by atoms with Crippen LogP contribution in [0, 0.1) is 0 Å². The van der Waals surface area contributed by atoms with Crippen LogP contribution in [0.1, 0.15) is 37.5 Å². The molecule has 0 unspecified atom stereocenters. The van der Waals surface area contributed by atoms with Crippen molar-refractivity contribution in [2.75, 3.05) is 0 Å². The van der Waals surface area contributed by atoms with E-state index in [4.69, 9.17) is 4.42 Å². The van der Waals surface area contributed by atoms with Crippen molar-refractivity contribution in [3.63, 3.8) is 0 Å². The predicted molar refractivity (Wildman–Crippen MR) is 43.7 cm³/mol. The SMILES string of the molecule is OC1CCC(c2ncco2)CC1. The summed E-state index contributed by atoms with van der Waals surface area (Å²) in [5.41, 5.74) is 0. The van der Waals surface area contributed by atoms with Crippen molar-refractivity contribution in [3.05, 3.63) is 18.4 Å². The number of rotatable bonds is 1. The van der Waals surface area contributed by atoms with Crippen LogP contribution in [0.2, 0.25) is 0 Å². The third kappa shape index (κ3) is 1.50. The van der Waals surface area contributed by atoms with E-state index in [9.17, 15) is 5.11 Å². The van der Waals surface area contributed by atoms with Crippen molar-refractivity contribution in [1.82, 2.24) is 4.98 Å². The van der Waals surface area contributed by atoms with E-state index in [0.717, 1.165) is 31.6 Å². The molecule has 1 aliphatic carbocycles. The van der Waals surface area contributed by atoms with Crippen molar-refractivity contribution in [3.8, 4) is 0 Å². The molecule has 0 aliphatic heterocycles. The molecule has 1 saturated carbocycles. The zero-order valence-corrected chi connectivity index (χ0v) is 6.94. The molecule has 0 bridgehead atoms. The smallest absolute Gasteiger partial charge is 0.197 e. The molecule has 0 atom stereocenters. The van der Waals surface area contributed by atoms with Crippen molar-refractivity contribution < 1.29 is 9.52 Å². The summed E-state index contributed by atoms with van der Waals surface area (Å²) in [6.07, 6.45) is 6.96. The largest absolute Gasteiger partial charge is 0.449 e. The lowest BCUT2D eigenvalue weighted by Gasteiger charge is -2.22. The molecule has 0 aromatic carbocycles. The molecule has 3 heteroatoms. The molecule has 3 nitrogen and oxygen atoms in total. The molecule has 12 heavy (non-hydrogen) atoms. The number of hydrogen-bond donors (Lipinski definition) is 1. The highest BCUT2D eigenvalue weighted by atomic mass is 16.3. The van der Waals surface area contributed by atoms with Crippen molar-refractivity contribution in [2.24, 2.45) is 0 Å². The van der Waals surface area contributed by atoms with Gasteiger partial charge in [0.05, 0.1) is 12.3 Å². The Balaban J connectivity index is 1.99. The van der Waals surface area contributed by atoms with Crippen LogP contribution in [0.25, 0.3) is 0 Å². The third-order valence-electron chi connectivity index (χ3n) is 2.50. The molecule has 1 heterocycles. The minimum Gasteiger partial charge on any atom is -0.449 e. The predicted octanol–water partition coefficient (Wildman–Crippen LogP) is 1.69. The molecular weight excluding hydrogens is 154 g/mol. The summed E-state index contributed by atoms with van der Waals surface area (Å²) in [5.74, 6) is 1.27. The topological polar surface area (TPSA) is 46.3 Å². The first-order chi connectivity index (χ1) is 5.86. The average Bonchev–Trinajstić information content (AvgIpc) is 2.58. The number of hydrogen-bond acceptors (Lipinski definition) is 3. The zero-order chi connectivity index (χ0) is 8.39. The van der Waals surface area contributed by atoms with Gasteiger partial charge >= 0.3 is 0 Å². The summed E-state index contributed by atoms with van der Waals surface area (Å²) in [4.78, 5) is 4.12.